The molecule has 17 heavy (non-hydrogen) atoms. The Bertz CT molecular complexity index is 605. The molecule has 1 aromatic heterocycles. The van der Waals surface area contributed by atoms with Gasteiger partial charge < -0.3 is 4.90 Å². The number of benzene rings is 1. The van der Waals surface area contributed by atoms with Crippen LogP contribution in [0.25, 0.3) is 10.1 Å². The molecule has 0 spiro atoms. The highest BCUT2D eigenvalue weighted by Gasteiger charge is 2.21. The molecule has 2 nitrogen and oxygen atoms in total. The fraction of sp³-hybridized carbons (Fsp3) is 0.308. The number of thiophene rings is 1. The van der Waals surface area contributed by atoms with Crippen molar-refractivity contribution in [2.24, 2.45) is 0 Å². The van der Waals surface area contributed by atoms with E-state index >= 15 is 0 Å². The lowest BCUT2D eigenvalue weighted by Crippen LogP contribution is -2.18. The van der Waals surface area contributed by atoms with Crippen molar-refractivity contribution in [3.8, 4) is 0 Å². The molecule has 0 fully saturated rings. The second-order valence-corrected chi connectivity index (χ2v) is 5.94. The summed E-state index contributed by atoms with van der Waals surface area (Å²) in [6.07, 6.45) is 1.92. The lowest BCUT2D eigenvalue weighted by molar-refractivity contribution is 0.112. The standard InChI is InChI=1S/C13H12ClNOS/c1-15-5-4-8-10(14)2-3-11-13(8)9(6-15)12(7-16)17-11/h2-3,7H,4-6H2,1H3/i12+2. The van der Waals surface area contributed by atoms with Gasteiger partial charge in [0.15, 0.2) is 6.29 Å². The van der Waals surface area contributed by atoms with Gasteiger partial charge in [0.05, 0.1) is 4.88 Å². The third kappa shape index (κ3) is 1.69. The minimum absolute atomic E-state index is 0.823. The van der Waals surface area contributed by atoms with Crippen molar-refractivity contribution >= 4 is 39.3 Å². The fourth-order valence-corrected chi connectivity index (χ4v) is 3.78. The van der Waals surface area contributed by atoms with Crippen molar-refractivity contribution in [1.29, 1.82) is 0 Å². The highest BCUT2D eigenvalue weighted by molar-refractivity contribution is 7.20. The van der Waals surface area contributed by atoms with E-state index in [1.54, 1.807) is 11.3 Å². The number of carbonyl (C=O) groups is 1. The highest BCUT2D eigenvalue weighted by atomic mass is 35.5. The number of aldehydes is 1. The topological polar surface area (TPSA) is 20.3 Å². The van der Waals surface area contributed by atoms with E-state index in [0.717, 1.165) is 41.3 Å². The first-order valence-electron chi connectivity index (χ1n) is 5.57. The summed E-state index contributed by atoms with van der Waals surface area (Å²) in [7, 11) is 2.08. The Labute approximate surface area is 109 Å². The van der Waals surface area contributed by atoms with Crippen LogP contribution in [0.15, 0.2) is 12.1 Å². The number of hydrogen-bond acceptors (Lipinski definition) is 3. The summed E-state index contributed by atoms with van der Waals surface area (Å²) in [5.74, 6) is 0. The van der Waals surface area contributed by atoms with Crippen LogP contribution in [-0.2, 0) is 13.0 Å². The Balaban J connectivity index is 2.39. The molecule has 1 aliphatic heterocycles. The molecule has 0 radical (unpaired) electrons. The van der Waals surface area contributed by atoms with Crippen LogP contribution >= 0.6 is 22.9 Å². The van der Waals surface area contributed by atoms with Crippen LogP contribution in [0.4, 0.5) is 0 Å². The average Bonchev–Trinajstić information content (AvgIpc) is 2.56. The quantitative estimate of drug-likeness (QED) is 0.739. The SMILES string of the molecule is CN1CCc2c(Cl)ccc3s[14c](C=O)c(c23)C1. The number of rotatable bonds is 1. The molecule has 0 aliphatic carbocycles. The molecule has 2 heterocycles. The Morgan fingerprint density at radius 2 is 2.35 bits per heavy atom. The molecule has 3 rings (SSSR count). The summed E-state index contributed by atoms with van der Waals surface area (Å²) in [5, 5.41) is 2.04. The van der Waals surface area contributed by atoms with E-state index in [0.29, 0.717) is 0 Å². The summed E-state index contributed by atoms with van der Waals surface area (Å²) in [6, 6.07) is 3.97. The first-order valence-corrected chi connectivity index (χ1v) is 6.76. The maximum atomic E-state index is 11.2. The summed E-state index contributed by atoms with van der Waals surface area (Å²) >= 11 is 7.85. The Morgan fingerprint density at radius 3 is 3.12 bits per heavy atom. The normalized spacial score (nSPS) is 16.1. The molecule has 0 N–H and O–H groups in total. The molecule has 0 saturated carbocycles. The number of carbonyl (C=O) groups excluding carboxylic acids is 1. The molecular formula is C13H12ClNOS. The van der Waals surface area contributed by atoms with Crippen molar-refractivity contribution in [2.75, 3.05) is 13.6 Å². The van der Waals surface area contributed by atoms with Gasteiger partial charge in [-0.2, -0.15) is 0 Å². The van der Waals surface area contributed by atoms with E-state index in [-0.39, 0.29) is 0 Å². The number of likely N-dealkylation sites (N-methyl/N-ethyl adjacent to an activating group) is 1. The molecule has 2 aromatic rings. The second kappa shape index (κ2) is 4.09. The van der Waals surface area contributed by atoms with E-state index in [1.165, 1.54) is 15.6 Å². The molecule has 88 valence electrons. The molecule has 4 heteroatoms. The van der Waals surface area contributed by atoms with E-state index in [4.69, 9.17) is 11.6 Å². The number of halogens is 1. The van der Waals surface area contributed by atoms with Gasteiger partial charge in [-0.1, -0.05) is 11.6 Å². The number of nitrogens with zero attached hydrogens (tertiary/aromatic N) is 1. The van der Waals surface area contributed by atoms with E-state index in [1.807, 2.05) is 12.1 Å². The van der Waals surface area contributed by atoms with Crippen LogP contribution in [0.3, 0.4) is 0 Å². The first kappa shape index (κ1) is 11.2. The van der Waals surface area contributed by atoms with E-state index < -0.39 is 0 Å². The third-order valence-electron chi connectivity index (χ3n) is 3.32. The molecule has 0 saturated heterocycles. The predicted octanol–water partition coefficient (Wildman–Crippen LogP) is 3.36. The molecule has 0 atom stereocenters. The van der Waals surface area contributed by atoms with Gasteiger partial charge >= 0.3 is 0 Å². The molecule has 0 bridgehead atoms. The van der Waals surface area contributed by atoms with Gasteiger partial charge in [-0.3, -0.25) is 4.79 Å². The Morgan fingerprint density at radius 1 is 1.53 bits per heavy atom. The average molecular weight is 268 g/mol. The van der Waals surface area contributed by atoms with Gasteiger partial charge in [-0.05, 0) is 36.7 Å². The van der Waals surface area contributed by atoms with E-state index in [2.05, 4.69) is 11.9 Å². The smallest absolute Gasteiger partial charge is 0.160 e. The Kier molecular flexibility index (Phi) is 2.69. The van der Waals surface area contributed by atoms with E-state index in [9.17, 15) is 4.79 Å². The molecular weight excluding hydrogens is 256 g/mol. The summed E-state index contributed by atoms with van der Waals surface area (Å²) < 4.78 is 1.18. The lowest BCUT2D eigenvalue weighted by Gasteiger charge is -2.12. The van der Waals surface area contributed by atoms with Crippen LogP contribution in [0.1, 0.15) is 20.8 Å². The molecule has 0 amide bonds. The zero-order chi connectivity index (χ0) is 12.0. The summed E-state index contributed by atoms with van der Waals surface area (Å²) in [6.45, 7) is 1.82. The largest absolute Gasteiger partial charge is 0.302 e. The summed E-state index contributed by atoms with van der Waals surface area (Å²) in [5.41, 5.74) is 2.35. The van der Waals surface area contributed by atoms with Gasteiger partial charge in [0.25, 0.3) is 0 Å². The van der Waals surface area contributed by atoms with Crippen LogP contribution in [0.5, 0.6) is 0 Å². The van der Waals surface area contributed by atoms with Crippen LogP contribution < -0.4 is 0 Å². The number of hydrogen-bond donors (Lipinski definition) is 0. The van der Waals surface area contributed by atoms with Crippen molar-refractivity contribution in [1.82, 2.24) is 4.90 Å². The maximum Gasteiger partial charge on any atom is 0.160 e. The van der Waals surface area contributed by atoms with Gasteiger partial charge in [0.2, 0.25) is 0 Å². The third-order valence-corrected chi connectivity index (χ3v) is 4.79. The van der Waals surface area contributed by atoms with Crippen LogP contribution in [-0.4, -0.2) is 24.8 Å². The molecule has 1 aromatic carbocycles. The molecule has 1 aliphatic rings. The van der Waals surface area contributed by atoms with Gasteiger partial charge in [-0.25, -0.2) is 0 Å². The Hall–Kier alpha value is -0.900. The zero-order valence-electron chi connectivity index (χ0n) is 9.50. The van der Waals surface area contributed by atoms with Gasteiger partial charge in [0, 0.05) is 28.2 Å². The minimum Gasteiger partial charge on any atom is -0.302 e. The summed E-state index contributed by atoms with van der Waals surface area (Å²) in [4.78, 5) is 14.2. The lowest BCUT2D eigenvalue weighted by atomic mass is 10.1. The van der Waals surface area contributed by atoms with Crippen molar-refractivity contribution in [3.05, 3.63) is 33.2 Å². The van der Waals surface area contributed by atoms with Crippen LogP contribution in [0, 0.1) is 0 Å². The highest BCUT2D eigenvalue weighted by Crippen LogP contribution is 2.38. The second-order valence-electron chi connectivity index (χ2n) is 4.45. The maximum absolute atomic E-state index is 11.2. The monoisotopic (exact) mass is 267 g/mol. The first-order chi connectivity index (χ1) is 8.20. The predicted molar refractivity (Wildman–Crippen MR) is 72.3 cm³/mol. The van der Waals surface area contributed by atoms with Crippen molar-refractivity contribution < 1.29 is 4.79 Å². The zero-order valence-corrected chi connectivity index (χ0v) is 11.1. The van der Waals surface area contributed by atoms with Crippen molar-refractivity contribution in [2.45, 2.75) is 13.0 Å². The van der Waals surface area contributed by atoms with Gasteiger partial charge in [-0.15, -0.1) is 11.3 Å². The molecule has 0 unspecified atom stereocenters. The van der Waals surface area contributed by atoms with Crippen molar-refractivity contribution in [3.63, 3.8) is 0 Å². The van der Waals surface area contributed by atoms with Gasteiger partial charge in [0.1, 0.15) is 0 Å². The van der Waals surface area contributed by atoms with Crippen LogP contribution in [0.2, 0.25) is 5.02 Å². The fourth-order valence-electron chi connectivity index (χ4n) is 2.47. The minimum atomic E-state index is 0.823.